The molecule has 626 valence electrons. The molecule has 116 heavy (non-hydrogen) atoms. The number of aliphatic carboxylic acids is 1. The van der Waals surface area contributed by atoms with Crippen LogP contribution in [-0.2, 0) is 105 Å². The number of nitrogens with zero attached hydrogens (tertiary/aromatic N) is 3. The average Bonchev–Trinajstić information content (AvgIpc) is 1.49. The number of carbonyl (C=O) groups excluding carboxylic acids is 12. The number of phenolic OH excluding ortho intramolecular Hbond substituents is 1. The fraction of sp³-hybridized carbons (Fsp3) is 0.530. The van der Waals surface area contributed by atoms with Crippen LogP contribution < -0.4 is 59.1 Å². The lowest BCUT2D eigenvalue weighted by Crippen LogP contribution is -2.58. The number of carbonyl (C=O) groups is 13. The smallest absolute Gasteiger partial charge is 0.343 e. The number of carboxylic acids is 1. The Bertz CT molecular complexity index is 4520. The maximum absolute atomic E-state index is 15.9. The number of nitrogens with two attached hydrogens (primary N) is 1. The van der Waals surface area contributed by atoms with Crippen molar-refractivity contribution < 1.29 is 91.5 Å². The summed E-state index contributed by atoms with van der Waals surface area (Å²) in [6.45, 7) is 6.68. The van der Waals surface area contributed by atoms with E-state index in [1.165, 1.54) is 42.0 Å². The number of amides is 12. The number of hydrogen-bond donors (Lipinski definition) is 13. The number of aromatic nitrogens is 2. The van der Waals surface area contributed by atoms with Crippen molar-refractivity contribution in [3.8, 4) is 17.1 Å². The van der Waals surface area contributed by atoms with Gasteiger partial charge in [-0.3, -0.25) is 57.6 Å². The van der Waals surface area contributed by atoms with E-state index < -0.39 is 150 Å². The number of pyridine rings is 2. The molecule has 1 fully saturated rings. The molecular weight excluding hydrogens is 1500 g/mol. The Hall–Kier alpha value is -11.2. The fourth-order valence-corrected chi connectivity index (χ4v) is 15.6. The molecule has 1 saturated heterocycles. The van der Waals surface area contributed by atoms with Crippen LogP contribution in [-0.4, -0.2) is 177 Å². The second kappa shape index (κ2) is 41.9. The van der Waals surface area contributed by atoms with Gasteiger partial charge in [0.2, 0.25) is 59.1 Å². The maximum Gasteiger partial charge on any atom is 0.343 e. The van der Waals surface area contributed by atoms with Gasteiger partial charge in [-0.1, -0.05) is 95.3 Å². The molecule has 0 spiro atoms. The number of likely N-dealkylation sites (tertiary alicyclic amines) is 1. The lowest BCUT2D eigenvalue weighted by molar-refractivity contribution is -0.173. The molecule has 3 aromatic carbocycles. The van der Waals surface area contributed by atoms with Crippen LogP contribution in [0.4, 0.5) is 9.18 Å². The number of aryl methyl sites for hydroxylation is 1. The Labute approximate surface area is 671 Å². The Morgan fingerprint density at radius 3 is 1.94 bits per heavy atom. The van der Waals surface area contributed by atoms with Crippen LogP contribution in [0.1, 0.15) is 200 Å². The minimum Gasteiger partial charge on any atom is -0.508 e. The lowest BCUT2D eigenvalue weighted by Gasteiger charge is -2.33. The van der Waals surface area contributed by atoms with Gasteiger partial charge in [0.05, 0.1) is 41.7 Å². The molecule has 14 N–H and O–H groups in total. The van der Waals surface area contributed by atoms with Gasteiger partial charge in [-0.25, -0.2) is 23.8 Å². The molecule has 0 bridgehead atoms. The van der Waals surface area contributed by atoms with Gasteiger partial charge in [-0.2, -0.15) is 0 Å². The zero-order valence-corrected chi connectivity index (χ0v) is 66.4. The molecule has 0 saturated carbocycles. The summed E-state index contributed by atoms with van der Waals surface area (Å²) in [5, 5.41) is 57.5. The first-order valence-electron chi connectivity index (χ1n) is 40.1. The first-order valence-corrected chi connectivity index (χ1v) is 40.1. The third-order valence-corrected chi connectivity index (χ3v) is 21.9. The van der Waals surface area contributed by atoms with E-state index in [9.17, 15) is 82.4 Å². The number of urea groups is 1. The molecule has 5 aromatic rings. The number of cyclic esters (lactones) is 1. The standard InChI is InChI=1S/C83H108FN13O19/c1-6-8-18-49(17-7-2)32-34-83(114)56-42-65-73-54(44-96(65)79(109)55(56)46-116-81(83)112)72-58(29-28-53-48(4)57(84)43-62(92-73)71(53)72)89-67(100)30-31-68(101)91-63(40-50-19-10-9-11-20-50)77(107)94-61(23-16-37-88-82(85)113)75(105)93-60(76(106)95-64(80(110)111)41-51-24-26-52(98)27-25-51)22-13-15-36-87-74(104)59(21-12-14-35-86-66(99)33-38-115-5)90-69(102)45-97-70(103)39-47(3)78(97)108/h9-11,19-20,24-27,42-43,47,49,58-61,63-64,98,114H,6-8,12-18,21-23,28-41,44-46H2,1-5H3,(H,86,99)(H,87,104)(H,89,100)(H,90,102)(H,91,101)(H,93,105)(H,94,107)(H,95,106)(H,110,111)(H3,85,88,113)/t47?,49?,58-,59-,60-,61-,63-,64-,83-/m0/s1. The highest BCUT2D eigenvalue weighted by molar-refractivity contribution is 6.06. The van der Waals surface area contributed by atoms with E-state index in [-0.39, 0.29) is 151 Å². The van der Waals surface area contributed by atoms with Crippen LogP contribution in [0.2, 0.25) is 0 Å². The van der Waals surface area contributed by atoms with E-state index in [0.717, 1.165) is 37.0 Å². The quantitative estimate of drug-likeness (QED) is 0.0142. The van der Waals surface area contributed by atoms with E-state index in [4.69, 9.17) is 20.2 Å². The summed E-state index contributed by atoms with van der Waals surface area (Å²) in [5.74, 6) is -10.2. The number of imide groups is 1. The first kappa shape index (κ1) is 88.7. The number of primary amides is 1. The number of aromatic hydroxyl groups is 1. The van der Waals surface area contributed by atoms with Crippen molar-refractivity contribution in [1.82, 2.24) is 62.3 Å². The topological polar surface area (TPSA) is 473 Å². The highest BCUT2D eigenvalue weighted by Crippen LogP contribution is 2.47. The molecule has 3 aliphatic heterocycles. The second-order valence-corrected chi connectivity index (χ2v) is 30.5. The second-order valence-electron chi connectivity index (χ2n) is 30.5. The van der Waals surface area contributed by atoms with E-state index in [1.807, 2.05) is 0 Å². The number of carboxylic acid groups (broad SMARTS) is 1. The van der Waals surface area contributed by atoms with Gasteiger partial charge in [0.25, 0.3) is 5.56 Å². The van der Waals surface area contributed by atoms with Crippen LogP contribution in [0.15, 0.2) is 71.5 Å². The van der Waals surface area contributed by atoms with Crippen molar-refractivity contribution in [2.24, 2.45) is 17.6 Å². The van der Waals surface area contributed by atoms with Gasteiger partial charge < -0.3 is 82.9 Å². The van der Waals surface area contributed by atoms with Gasteiger partial charge in [-0.15, -0.1) is 0 Å². The Morgan fingerprint density at radius 2 is 1.29 bits per heavy atom. The van der Waals surface area contributed by atoms with Crippen LogP contribution in [0, 0.1) is 24.6 Å². The highest BCUT2D eigenvalue weighted by Gasteiger charge is 2.48. The van der Waals surface area contributed by atoms with Crippen LogP contribution in [0.25, 0.3) is 22.3 Å². The summed E-state index contributed by atoms with van der Waals surface area (Å²) in [6, 6.07) is 8.10. The molecule has 4 aliphatic rings. The van der Waals surface area contributed by atoms with Gasteiger partial charge in [0, 0.05) is 93.8 Å². The predicted octanol–water partition coefficient (Wildman–Crippen LogP) is 4.54. The SMILES string of the molecule is CCCCC(CCC)CC[C@@]1(O)C(=O)OCc2c1cc1n(c2=O)Cc2c-1nc1cc(F)c(C)c3c1c2[C@@H](NC(=O)CCC(=O)N[C@@H](Cc1ccccc1)C(=O)N[C@@H](CCCNC(N)=O)C(=O)N[C@@H](CCCCNC(=O)[C@H](CCCCNC(=O)CCOC)NC(=O)CN1C(=O)CC(C)C1=O)C(=O)N[C@@H](Cc1ccc(O)cc1)C(=O)O)CC3. The molecule has 1 aliphatic carbocycles. The van der Waals surface area contributed by atoms with Crippen molar-refractivity contribution in [1.29, 1.82) is 0 Å². The number of methoxy groups -OCH3 is 1. The number of halogens is 1. The van der Waals surface area contributed by atoms with E-state index in [1.54, 1.807) is 50.2 Å². The first-order chi connectivity index (χ1) is 55.5. The minimum atomic E-state index is -2.14. The number of nitrogens with one attached hydrogen (secondary N) is 9. The van der Waals surface area contributed by atoms with E-state index >= 15 is 4.39 Å². The summed E-state index contributed by atoms with van der Waals surface area (Å²) >= 11 is 0. The van der Waals surface area contributed by atoms with Crippen molar-refractivity contribution in [2.75, 3.05) is 39.9 Å². The zero-order chi connectivity index (χ0) is 83.9. The van der Waals surface area contributed by atoms with Crippen LogP contribution in [0.5, 0.6) is 5.75 Å². The summed E-state index contributed by atoms with van der Waals surface area (Å²) in [6.07, 6.45) is 5.10. The maximum atomic E-state index is 15.9. The van der Waals surface area contributed by atoms with Crippen molar-refractivity contribution in [3.05, 3.63) is 127 Å². The summed E-state index contributed by atoms with van der Waals surface area (Å²) < 4.78 is 27.9. The van der Waals surface area contributed by atoms with Crippen molar-refractivity contribution in [3.63, 3.8) is 0 Å². The fourth-order valence-electron chi connectivity index (χ4n) is 15.6. The highest BCUT2D eigenvalue weighted by atomic mass is 19.1. The molecule has 0 radical (unpaired) electrons. The van der Waals surface area contributed by atoms with Crippen molar-refractivity contribution in [2.45, 2.75) is 230 Å². The van der Waals surface area contributed by atoms with Crippen molar-refractivity contribution >= 4 is 87.9 Å². The van der Waals surface area contributed by atoms with Gasteiger partial charge in [0.1, 0.15) is 54.9 Å². The third kappa shape index (κ3) is 23.3. The number of aliphatic hydroxyl groups is 1. The molecular formula is C83H108FN13O19. The molecule has 33 heteroatoms. The van der Waals surface area contributed by atoms with Crippen LogP contribution >= 0.6 is 0 Å². The van der Waals surface area contributed by atoms with E-state index in [2.05, 4.69) is 61.7 Å². The average molecular weight is 1610 g/mol. The molecule has 5 heterocycles. The summed E-state index contributed by atoms with van der Waals surface area (Å²) in [4.78, 5) is 196. The molecule has 12 amide bonds. The monoisotopic (exact) mass is 1610 g/mol. The number of rotatable bonds is 45. The largest absolute Gasteiger partial charge is 0.508 e. The third-order valence-electron chi connectivity index (χ3n) is 21.9. The Morgan fingerprint density at radius 1 is 0.672 bits per heavy atom. The Balaban J connectivity index is 0.905. The van der Waals surface area contributed by atoms with Gasteiger partial charge in [0.15, 0.2) is 5.60 Å². The Kier molecular flexibility index (Phi) is 32.0. The molecule has 32 nitrogen and oxygen atoms in total. The molecule has 9 rings (SSSR count). The number of benzene rings is 3. The minimum absolute atomic E-state index is 0.00202. The predicted molar refractivity (Wildman–Crippen MR) is 421 cm³/mol. The summed E-state index contributed by atoms with van der Waals surface area (Å²) in [7, 11) is 1.46. The molecule has 2 aromatic heterocycles. The lowest BCUT2D eigenvalue weighted by atomic mass is 9.80. The van der Waals surface area contributed by atoms with Crippen LogP contribution in [0.3, 0.4) is 0 Å². The number of ether oxygens (including phenoxy) is 2. The summed E-state index contributed by atoms with van der Waals surface area (Å²) in [5.41, 5.74) is 7.02. The normalized spacial score (nSPS) is 17.4. The zero-order valence-electron chi connectivity index (χ0n) is 66.4. The number of esters is 1. The van der Waals surface area contributed by atoms with Gasteiger partial charge >= 0.3 is 18.0 Å². The number of hydrogen-bond acceptors (Lipinski definition) is 19. The van der Waals surface area contributed by atoms with E-state index in [0.29, 0.717) is 75.8 Å². The number of unbranched alkanes of at least 4 members (excludes halogenated alkanes) is 3. The van der Waals surface area contributed by atoms with Gasteiger partial charge in [-0.05, 0) is 136 Å². The number of phenols is 1. The molecule has 2 unspecified atom stereocenters. The molecule has 9 atom stereocenters. The number of fused-ring (bicyclic) bond motifs is 5.